The van der Waals surface area contributed by atoms with Crippen LogP contribution in [0.3, 0.4) is 0 Å². The zero-order valence-electron chi connectivity index (χ0n) is 17.7. The number of halogens is 1. The van der Waals surface area contributed by atoms with Gasteiger partial charge in [-0.2, -0.15) is 0 Å². The Balaban J connectivity index is 2.16. The van der Waals surface area contributed by atoms with Gasteiger partial charge in [0.25, 0.3) is 7.37 Å². The molecule has 1 N–H and O–H groups in total. The van der Waals surface area contributed by atoms with E-state index in [9.17, 15) is 8.96 Å². The number of para-hydroxylation sites is 1. The molecule has 0 amide bonds. The third-order valence-corrected chi connectivity index (χ3v) is 7.55. The van der Waals surface area contributed by atoms with Crippen LogP contribution >= 0.6 is 7.37 Å². The third kappa shape index (κ3) is 4.92. The van der Waals surface area contributed by atoms with Gasteiger partial charge in [0, 0.05) is 36.3 Å². The van der Waals surface area contributed by atoms with Crippen LogP contribution in [0.5, 0.6) is 0 Å². The predicted octanol–water partition coefficient (Wildman–Crippen LogP) is 6.03. The molecule has 0 unspecified atom stereocenters. The molecule has 3 rings (SSSR count). The Kier molecular flexibility index (Phi) is 6.96. The van der Waals surface area contributed by atoms with Gasteiger partial charge in [-0.25, -0.2) is 4.39 Å². The van der Waals surface area contributed by atoms with Crippen LogP contribution in [0.4, 0.5) is 15.8 Å². The van der Waals surface area contributed by atoms with E-state index in [1.165, 1.54) is 6.07 Å². The van der Waals surface area contributed by atoms with Crippen LogP contribution in [0, 0.1) is 5.82 Å². The molecular weight excluding hydrogens is 398 g/mol. The van der Waals surface area contributed by atoms with Crippen molar-refractivity contribution in [3.8, 4) is 0 Å². The molecule has 0 bridgehead atoms. The normalized spacial score (nSPS) is 14.2. The summed E-state index contributed by atoms with van der Waals surface area (Å²) in [5, 5.41) is 3.82. The Labute approximate surface area is 178 Å². The highest BCUT2D eigenvalue weighted by Gasteiger charge is 2.40. The van der Waals surface area contributed by atoms with Crippen LogP contribution in [-0.2, 0) is 9.09 Å². The van der Waals surface area contributed by atoms with Crippen molar-refractivity contribution in [2.45, 2.75) is 25.7 Å². The number of rotatable bonds is 8. The molecule has 6 heteroatoms. The lowest BCUT2D eigenvalue weighted by molar-refractivity contribution is 0.245. The van der Waals surface area contributed by atoms with E-state index in [1.807, 2.05) is 75.3 Å². The Hall–Kier alpha value is -2.62. The monoisotopic (exact) mass is 426 g/mol. The maximum absolute atomic E-state index is 14.9. The second-order valence-corrected chi connectivity index (χ2v) is 10.0. The lowest BCUT2D eigenvalue weighted by Crippen LogP contribution is -2.23. The highest BCUT2D eigenvalue weighted by Crippen LogP contribution is 2.60. The van der Waals surface area contributed by atoms with Gasteiger partial charge in [0.05, 0.1) is 6.10 Å². The quantitative estimate of drug-likeness (QED) is 0.447. The van der Waals surface area contributed by atoms with Gasteiger partial charge in [-0.15, -0.1) is 0 Å². The Morgan fingerprint density at radius 1 is 0.900 bits per heavy atom. The van der Waals surface area contributed by atoms with Crippen molar-refractivity contribution >= 4 is 24.0 Å². The smallest absolute Gasteiger partial charge is 0.258 e. The van der Waals surface area contributed by atoms with E-state index in [0.717, 1.165) is 11.4 Å². The predicted molar refractivity (Wildman–Crippen MR) is 123 cm³/mol. The first-order valence-electron chi connectivity index (χ1n) is 9.93. The number of nitrogens with one attached hydrogen (secondary N) is 1. The molecule has 2 atom stereocenters. The van der Waals surface area contributed by atoms with Crippen molar-refractivity contribution in [1.82, 2.24) is 0 Å². The van der Waals surface area contributed by atoms with Gasteiger partial charge >= 0.3 is 0 Å². The molecular formula is C24H28FN2O2P. The largest absolute Gasteiger partial charge is 0.378 e. The van der Waals surface area contributed by atoms with Gasteiger partial charge in [0.2, 0.25) is 0 Å². The molecule has 0 aliphatic heterocycles. The summed E-state index contributed by atoms with van der Waals surface area (Å²) in [4.78, 5) is 1.97. The molecule has 158 valence electrons. The Bertz CT molecular complexity index is 1010. The average molecular weight is 426 g/mol. The number of benzene rings is 3. The first-order chi connectivity index (χ1) is 14.3. The Morgan fingerprint density at radius 2 is 1.50 bits per heavy atom. The van der Waals surface area contributed by atoms with Crippen molar-refractivity contribution in [1.29, 1.82) is 0 Å². The average Bonchev–Trinajstić information content (AvgIpc) is 2.73. The second-order valence-electron chi connectivity index (χ2n) is 7.60. The van der Waals surface area contributed by atoms with Crippen molar-refractivity contribution in [2.24, 2.45) is 0 Å². The molecule has 0 aliphatic carbocycles. The molecule has 0 spiro atoms. The summed E-state index contributed by atoms with van der Waals surface area (Å²) in [5.41, 5.74) is 2.03. The summed E-state index contributed by atoms with van der Waals surface area (Å²) in [6.45, 7) is 3.67. The summed E-state index contributed by atoms with van der Waals surface area (Å²) >= 11 is 0. The van der Waals surface area contributed by atoms with Crippen LogP contribution in [0.25, 0.3) is 0 Å². The maximum Gasteiger partial charge on any atom is 0.258 e. The van der Waals surface area contributed by atoms with E-state index < -0.39 is 19.0 Å². The fourth-order valence-electron chi connectivity index (χ4n) is 3.28. The molecule has 0 fully saturated rings. The summed E-state index contributed by atoms with van der Waals surface area (Å²) < 4.78 is 35.5. The minimum absolute atomic E-state index is 0.307. The number of anilines is 2. The molecule has 0 aromatic heterocycles. The molecule has 0 aliphatic rings. The van der Waals surface area contributed by atoms with Crippen LogP contribution in [0.15, 0.2) is 78.9 Å². The SMILES string of the molecule is CC(C)O[P@@](=O)(c1ccc(N(C)C)cc1)[C@H](Nc1ccccc1)c1ccccc1F. The zero-order valence-corrected chi connectivity index (χ0v) is 18.6. The molecule has 0 radical (unpaired) electrons. The fraction of sp³-hybridized carbons (Fsp3) is 0.250. The minimum atomic E-state index is -3.57. The van der Waals surface area contributed by atoms with Gasteiger partial charge < -0.3 is 14.7 Å². The summed E-state index contributed by atoms with van der Waals surface area (Å²) in [5.74, 6) is -1.31. The van der Waals surface area contributed by atoms with Gasteiger partial charge in [-0.3, -0.25) is 4.57 Å². The number of nitrogens with zero attached hydrogens (tertiary/aromatic N) is 1. The Morgan fingerprint density at radius 3 is 2.07 bits per heavy atom. The third-order valence-electron chi connectivity index (χ3n) is 4.71. The number of hydrogen-bond acceptors (Lipinski definition) is 4. The van der Waals surface area contributed by atoms with E-state index in [2.05, 4.69) is 5.32 Å². The van der Waals surface area contributed by atoms with Crippen molar-refractivity contribution in [3.05, 3.63) is 90.2 Å². The van der Waals surface area contributed by atoms with Gasteiger partial charge in [0.1, 0.15) is 11.6 Å². The molecule has 0 saturated carbocycles. The van der Waals surface area contributed by atoms with E-state index >= 15 is 0 Å². The fourth-order valence-corrected chi connectivity index (χ4v) is 5.90. The van der Waals surface area contributed by atoms with Crippen LogP contribution in [0.2, 0.25) is 0 Å². The van der Waals surface area contributed by atoms with Gasteiger partial charge in [-0.05, 0) is 56.3 Å². The molecule has 0 heterocycles. The lowest BCUT2D eigenvalue weighted by atomic mass is 10.2. The molecule has 3 aromatic rings. The highest BCUT2D eigenvalue weighted by molar-refractivity contribution is 7.67. The summed E-state index contributed by atoms with van der Waals surface area (Å²) in [6.07, 6.45) is -0.309. The second kappa shape index (κ2) is 9.46. The van der Waals surface area contributed by atoms with Crippen LogP contribution < -0.4 is 15.5 Å². The van der Waals surface area contributed by atoms with Crippen LogP contribution in [-0.4, -0.2) is 20.2 Å². The summed E-state index contributed by atoms with van der Waals surface area (Å²) in [6, 6.07) is 23.2. The van der Waals surface area contributed by atoms with Crippen molar-refractivity contribution in [2.75, 3.05) is 24.3 Å². The zero-order chi connectivity index (χ0) is 21.7. The highest BCUT2D eigenvalue weighted by atomic mass is 31.2. The van der Waals surface area contributed by atoms with E-state index in [0.29, 0.717) is 10.9 Å². The summed E-state index contributed by atoms with van der Waals surface area (Å²) in [7, 11) is 0.314. The minimum Gasteiger partial charge on any atom is -0.378 e. The van der Waals surface area contributed by atoms with E-state index in [-0.39, 0.29) is 6.10 Å². The van der Waals surface area contributed by atoms with Gasteiger partial charge in [-0.1, -0.05) is 36.4 Å². The van der Waals surface area contributed by atoms with E-state index in [4.69, 9.17) is 4.52 Å². The molecule has 0 saturated heterocycles. The first kappa shape index (κ1) is 22.1. The van der Waals surface area contributed by atoms with Gasteiger partial charge in [0.15, 0.2) is 0 Å². The maximum atomic E-state index is 14.9. The van der Waals surface area contributed by atoms with E-state index in [1.54, 1.807) is 30.3 Å². The first-order valence-corrected chi connectivity index (χ1v) is 11.6. The number of hydrogen-bond donors (Lipinski definition) is 1. The van der Waals surface area contributed by atoms with Crippen LogP contribution in [0.1, 0.15) is 25.2 Å². The molecule has 3 aromatic carbocycles. The molecule has 30 heavy (non-hydrogen) atoms. The standard InChI is InChI=1S/C24H28FN2O2P/c1-18(2)29-30(28,21-16-14-20(15-17-21)27(3)4)24(22-12-8-9-13-23(22)25)26-19-10-6-5-7-11-19/h5-18,24,26H,1-4H3/t24-,30-/m0/s1. The van der Waals surface area contributed by atoms with Crippen molar-refractivity contribution < 1.29 is 13.5 Å². The van der Waals surface area contributed by atoms with Crippen molar-refractivity contribution in [3.63, 3.8) is 0 Å². The molecule has 4 nitrogen and oxygen atoms in total. The lowest BCUT2D eigenvalue weighted by Gasteiger charge is -2.31. The topological polar surface area (TPSA) is 41.6 Å².